The van der Waals surface area contributed by atoms with Crippen LogP contribution in [0, 0.1) is 0 Å². The van der Waals surface area contributed by atoms with Crippen molar-refractivity contribution in [3.8, 4) is 0 Å². The molecule has 1 unspecified atom stereocenters. The van der Waals surface area contributed by atoms with E-state index in [-0.39, 0.29) is 5.54 Å². The first-order chi connectivity index (χ1) is 8.72. The van der Waals surface area contributed by atoms with Gasteiger partial charge in [-0.05, 0) is 31.7 Å². The van der Waals surface area contributed by atoms with Gasteiger partial charge < -0.3 is 11.1 Å². The minimum atomic E-state index is 0.0311. The Labute approximate surface area is 111 Å². The zero-order valence-corrected chi connectivity index (χ0v) is 11.5. The quantitative estimate of drug-likeness (QED) is 0.838. The highest BCUT2D eigenvalue weighted by Crippen LogP contribution is 2.21. The molecule has 1 atom stereocenters. The summed E-state index contributed by atoms with van der Waals surface area (Å²) in [5.41, 5.74) is 7.41. The first-order valence-electron chi connectivity index (χ1n) is 7.23. The van der Waals surface area contributed by atoms with Crippen LogP contribution in [-0.4, -0.2) is 18.1 Å². The molecule has 2 heteroatoms. The maximum atomic E-state index is 6.01. The summed E-state index contributed by atoms with van der Waals surface area (Å²) in [6, 6.07) is 11.3. The Morgan fingerprint density at radius 1 is 1.17 bits per heavy atom. The second-order valence-corrected chi connectivity index (χ2v) is 5.91. The maximum absolute atomic E-state index is 6.01. The molecule has 1 aromatic carbocycles. The van der Waals surface area contributed by atoms with Crippen molar-refractivity contribution in [3.05, 3.63) is 35.9 Å². The van der Waals surface area contributed by atoms with E-state index in [1.165, 1.54) is 37.7 Å². The number of rotatable bonds is 5. The fraction of sp³-hybridized carbons (Fsp3) is 0.625. The molecule has 3 N–H and O–H groups in total. The third-order valence-corrected chi connectivity index (χ3v) is 4.05. The van der Waals surface area contributed by atoms with Crippen LogP contribution in [0.25, 0.3) is 0 Å². The van der Waals surface area contributed by atoms with Crippen molar-refractivity contribution < 1.29 is 0 Å². The summed E-state index contributed by atoms with van der Waals surface area (Å²) < 4.78 is 0. The lowest BCUT2D eigenvalue weighted by atomic mass is 9.88. The van der Waals surface area contributed by atoms with E-state index in [1.54, 1.807) is 0 Å². The third kappa shape index (κ3) is 3.82. The second-order valence-electron chi connectivity index (χ2n) is 5.91. The SMILES string of the molecule is CC(CN)(Cc1ccccc1)NC1CCCCC1. The molecular formula is C16H26N2. The molecule has 2 rings (SSSR count). The standard InChI is InChI=1S/C16H26N2/c1-16(13-17,12-14-8-4-2-5-9-14)18-15-10-6-3-7-11-15/h2,4-5,8-9,15,18H,3,6-7,10-13,17H2,1H3. The monoisotopic (exact) mass is 246 g/mol. The molecule has 1 fully saturated rings. The molecule has 0 saturated heterocycles. The summed E-state index contributed by atoms with van der Waals surface area (Å²) in [4.78, 5) is 0. The maximum Gasteiger partial charge on any atom is 0.0318 e. The highest BCUT2D eigenvalue weighted by Gasteiger charge is 2.26. The molecule has 2 nitrogen and oxygen atoms in total. The van der Waals surface area contributed by atoms with Crippen molar-refractivity contribution in [1.82, 2.24) is 5.32 Å². The second kappa shape index (κ2) is 6.35. The average molecular weight is 246 g/mol. The summed E-state index contributed by atoms with van der Waals surface area (Å²) >= 11 is 0. The Hall–Kier alpha value is -0.860. The van der Waals surface area contributed by atoms with Gasteiger partial charge >= 0.3 is 0 Å². The molecular weight excluding hydrogens is 220 g/mol. The Bertz CT molecular complexity index is 343. The van der Waals surface area contributed by atoms with Gasteiger partial charge in [0.2, 0.25) is 0 Å². The van der Waals surface area contributed by atoms with E-state index in [9.17, 15) is 0 Å². The van der Waals surface area contributed by atoms with Gasteiger partial charge in [0.1, 0.15) is 0 Å². The molecule has 1 saturated carbocycles. The summed E-state index contributed by atoms with van der Waals surface area (Å²) in [6.07, 6.45) is 7.76. The third-order valence-electron chi connectivity index (χ3n) is 4.05. The molecule has 1 aliphatic rings. The van der Waals surface area contributed by atoms with Crippen molar-refractivity contribution in [2.75, 3.05) is 6.54 Å². The smallest absolute Gasteiger partial charge is 0.0318 e. The van der Waals surface area contributed by atoms with E-state index in [1.807, 2.05) is 0 Å². The van der Waals surface area contributed by atoms with Gasteiger partial charge in [-0.25, -0.2) is 0 Å². The van der Waals surface area contributed by atoms with Crippen molar-refractivity contribution in [3.63, 3.8) is 0 Å². The molecule has 1 aliphatic carbocycles. The van der Waals surface area contributed by atoms with E-state index in [0.29, 0.717) is 12.6 Å². The summed E-state index contributed by atoms with van der Waals surface area (Å²) in [5, 5.41) is 3.81. The molecule has 0 bridgehead atoms. The van der Waals surface area contributed by atoms with Crippen LogP contribution in [0.1, 0.15) is 44.6 Å². The van der Waals surface area contributed by atoms with Crippen molar-refractivity contribution in [2.45, 2.75) is 57.0 Å². The first kappa shape index (κ1) is 13.6. The predicted octanol–water partition coefficient (Wildman–Crippen LogP) is 2.87. The fourth-order valence-corrected chi connectivity index (χ4v) is 2.97. The van der Waals surface area contributed by atoms with E-state index in [0.717, 1.165) is 6.42 Å². The minimum absolute atomic E-state index is 0.0311. The number of hydrogen-bond donors (Lipinski definition) is 2. The number of hydrogen-bond acceptors (Lipinski definition) is 2. The van der Waals surface area contributed by atoms with Crippen LogP contribution >= 0.6 is 0 Å². The molecule has 0 spiro atoms. The zero-order valence-electron chi connectivity index (χ0n) is 11.5. The summed E-state index contributed by atoms with van der Waals surface area (Å²) in [7, 11) is 0. The van der Waals surface area contributed by atoms with E-state index < -0.39 is 0 Å². The zero-order chi connectivity index (χ0) is 12.8. The van der Waals surface area contributed by atoms with Gasteiger partial charge in [-0.3, -0.25) is 0 Å². The largest absolute Gasteiger partial charge is 0.329 e. The number of benzene rings is 1. The predicted molar refractivity (Wildman–Crippen MR) is 77.6 cm³/mol. The van der Waals surface area contributed by atoms with E-state index >= 15 is 0 Å². The molecule has 100 valence electrons. The summed E-state index contributed by atoms with van der Waals surface area (Å²) in [6.45, 7) is 2.95. The molecule has 18 heavy (non-hydrogen) atoms. The first-order valence-corrected chi connectivity index (χ1v) is 7.23. The van der Waals surface area contributed by atoms with Crippen molar-refractivity contribution >= 4 is 0 Å². The van der Waals surface area contributed by atoms with Crippen LogP contribution in [0.2, 0.25) is 0 Å². The van der Waals surface area contributed by atoms with Crippen LogP contribution in [0.15, 0.2) is 30.3 Å². The topological polar surface area (TPSA) is 38.0 Å². The van der Waals surface area contributed by atoms with E-state index in [2.05, 4.69) is 42.6 Å². The molecule has 0 aliphatic heterocycles. The number of nitrogens with two attached hydrogens (primary N) is 1. The Morgan fingerprint density at radius 3 is 2.44 bits per heavy atom. The Kier molecular flexibility index (Phi) is 4.79. The number of nitrogens with one attached hydrogen (secondary N) is 1. The van der Waals surface area contributed by atoms with Crippen LogP contribution in [0.5, 0.6) is 0 Å². The van der Waals surface area contributed by atoms with Crippen molar-refractivity contribution in [1.29, 1.82) is 0 Å². The lowest BCUT2D eigenvalue weighted by molar-refractivity contribution is 0.266. The Balaban J connectivity index is 1.96. The van der Waals surface area contributed by atoms with Gasteiger partial charge in [0.25, 0.3) is 0 Å². The van der Waals surface area contributed by atoms with Gasteiger partial charge in [-0.1, -0.05) is 49.6 Å². The Morgan fingerprint density at radius 2 is 1.83 bits per heavy atom. The van der Waals surface area contributed by atoms with Crippen LogP contribution in [0.3, 0.4) is 0 Å². The van der Waals surface area contributed by atoms with Crippen LogP contribution in [-0.2, 0) is 6.42 Å². The fourth-order valence-electron chi connectivity index (χ4n) is 2.97. The normalized spacial score (nSPS) is 20.6. The minimum Gasteiger partial charge on any atom is -0.329 e. The lowest BCUT2D eigenvalue weighted by Crippen LogP contribution is -2.54. The van der Waals surface area contributed by atoms with Crippen molar-refractivity contribution in [2.24, 2.45) is 5.73 Å². The van der Waals surface area contributed by atoms with E-state index in [4.69, 9.17) is 5.73 Å². The van der Waals surface area contributed by atoms with Gasteiger partial charge in [0.15, 0.2) is 0 Å². The molecule has 0 heterocycles. The molecule has 0 amide bonds. The highest BCUT2D eigenvalue weighted by atomic mass is 15.0. The average Bonchev–Trinajstić information content (AvgIpc) is 2.41. The molecule has 0 aromatic heterocycles. The molecule has 1 aromatic rings. The summed E-state index contributed by atoms with van der Waals surface area (Å²) in [5.74, 6) is 0. The lowest BCUT2D eigenvalue weighted by Gasteiger charge is -2.36. The highest BCUT2D eigenvalue weighted by molar-refractivity contribution is 5.18. The van der Waals surface area contributed by atoms with Gasteiger partial charge in [0, 0.05) is 18.1 Å². The van der Waals surface area contributed by atoms with Gasteiger partial charge in [-0.2, -0.15) is 0 Å². The molecule has 0 radical (unpaired) electrons. The van der Waals surface area contributed by atoms with Gasteiger partial charge in [0.05, 0.1) is 0 Å². The van der Waals surface area contributed by atoms with Crippen LogP contribution < -0.4 is 11.1 Å². The van der Waals surface area contributed by atoms with Gasteiger partial charge in [-0.15, -0.1) is 0 Å². The van der Waals surface area contributed by atoms with Crippen LogP contribution in [0.4, 0.5) is 0 Å².